The van der Waals surface area contributed by atoms with Crippen LogP contribution in [0.2, 0.25) is 0 Å². The Hall–Kier alpha value is -2.50. The van der Waals surface area contributed by atoms with Gasteiger partial charge in [0, 0.05) is 5.69 Å². The number of rotatable bonds is 4. The lowest BCUT2D eigenvalue weighted by Gasteiger charge is -2.12. The van der Waals surface area contributed by atoms with Gasteiger partial charge in [-0.25, -0.2) is 0 Å². The van der Waals surface area contributed by atoms with Gasteiger partial charge in [-0.2, -0.15) is 13.2 Å². The lowest BCUT2D eigenvalue weighted by Crippen LogP contribution is -2.20. The van der Waals surface area contributed by atoms with Crippen molar-refractivity contribution >= 4 is 11.6 Å². The number of ether oxygens (including phenoxy) is 1. The van der Waals surface area contributed by atoms with Crippen molar-refractivity contribution in [2.45, 2.75) is 20.0 Å². The Kier molecular flexibility index (Phi) is 4.93. The molecule has 0 bridgehead atoms. The van der Waals surface area contributed by atoms with Crippen molar-refractivity contribution in [1.29, 1.82) is 0 Å². The smallest absolute Gasteiger partial charge is 0.416 e. The summed E-state index contributed by atoms with van der Waals surface area (Å²) in [6.45, 7) is 3.51. The summed E-state index contributed by atoms with van der Waals surface area (Å²) in [7, 11) is 0. The fourth-order valence-corrected chi connectivity index (χ4v) is 1.99. The first kappa shape index (κ1) is 16.9. The lowest BCUT2D eigenvalue weighted by molar-refractivity contribution is -0.137. The van der Waals surface area contributed by atoms with Crippen molar-refractivity contribution in [3.8, 4) is 5.75 Å². The van der Waals surface area contributed by atoms with Gasteiger partial charge < -0.3 is 10.1 Å². The molecule has 0 heterocycles. The van der Waals surface area contributed by atoms with E-state index in [-0.39, 0.29) is 12.3 Å². The molecule has 0 radical (unpaired) electrons. The van der Waals surface area contributed by atoms with Crippen molar-refractivity contribution in [1.82, 2.24) is 0 Å². The van der Waals surface area contributed by atoms with Gasteiger partial charge in [-0.15, -0.1) is 0 Å². The zero-order valence-corrected chi connectivity index (χ0v) is 12.7. The number of nitrogens with one attached hydrogen (secondary N) is 1. The van der Waals surface area contributed by atoms with Crippen molar-refractivity contribution in [3.05, 3.63) is 59.2 Å². The Balaban J connectivity index is 1.99. The van der Waals surface area contributed by atoms with Crippen LogP contribution in [0, 0.1) is 13.8 Å². The van der Waals surface area contributed by atoms with Gasteiger partial charge in [-0.05, 0) is 49.2 Å². The van der Waals surface area contributed by atoms with Crippen LogP contribution in [0.25, 0.3) is 0 Å². The summed E-state index contributed by atoms with van der Waals surface area (Å²) in [5.41, 5.74) is 1.21. The number of hydrogen-bond donors (Lipinski definition) is 1. The maximum Gasteiger partial charge on any atom is 0.416 e. The number of halogens is 3. The molecule has 0 saturated carbocycles. The van der Waals surface area contributed by atoms with E-state index >= 15 is 0 Å². The molecule has 0 aliphatic rings. The first-order valence-electron chi connectivity index (χ1n) is 6.93. The molecular weight excluding hydrogens is 307 g/mol. The van der Waals surface area contributed by atoms with E-state index < -0.39 is 17.6 Å². The van der Waals surface area contributed by atoms with Crippen LogP contribution in [-0.2, 0) is 11.0 Å². The predicted octanol–water partition coefficient (Wildman–Crippen LogP) is 4.34. The van der Waals surface area contributed by atoms with Gasteiger partial charge in [0.15, 0.2) is 6.61 Å². The molecular formula is C17H16F3NO2. The van der Waals surface area contributed by atoms with Crippen LogP contribution in [0.5, 0.6) is 5.75 Å². The molecule has 0 atom stereocenters. The van der Waals surface area contributed by atoms with Crippen molar-refractivity contribution in [2.75, 3.05) is 11.9 Å². The zero-order valence-electron chi connectivity index (χ0n) is 12.7. The van der Waals surface area contributed by atoms with Crippen LogP contribution in [0.15, 0.2) is 42.5 Å². The van der Waals surface area contributed by atoms with Crippen molar-refractivity contribution in [3.63, 3.8) is 0 Å². The van der Waals surface area contributed by atoms with E-state index in [0.717, 1.165) is 23.3 Å². The number of amides is 1. The normalized spacial score (nSPS) is 11.2. The summed E-state index contributed by atoms with van der Waals surface area (Å²) < 4.78 is 43.3. The van der Waals surface area contributed by atoms with E-state index in [1.807, 2.05) is 26.0 Å². The van der Waals surface area contributed by atoms with E-state index in [4.69, 9.17) is 4.74 Å². The molecule has 0 aliphatic heterocycles. The monoisotopic (exact) mass is 323 g/mol. The van der Waals surface area contributed by atoms with Gasteiger partial charge in [0.1, 0.15) is 5.75 Å². The zero-order chi connectivity index (χ0) is 17.0. The maximum absolute atomic E-state index is 12.6. The SMILES string of the molecule is Cc1cccc(OCC(=O)Nc2cccc(C(F)(F)F)c2)c1C. The van der Waals surface area contributed by atoms with Crippen LogP contribution >= 0.6 is 0 Å². The number of aryl methyl sites for hydroxylation is 1. The lowest BCUT2D eigenvalue weighted by atomic mass is 10.1. The number of benzene rings is 2. The standard InChI is InChI=1S/C17H16F3NO2/c1-11-5-3-8-15(12(11)2)23-10-16(22)21-14-7-4-6-13(9-14)17(18,19)20/h3-9H,10H2,1-2H3,(H,21,22). The van der Waals surface area contributed by atoms with Crippen molar-refractivity contribution in [2.24, 2.45) is 0 Å². The van der Waals surface area contributed by atoms with Gasteiger partial charge in [-0.3, -0.25) is 4.79 Å². The Morgan fingerprint density at radius 3 is 2.52 bits per heavy atom. The summed E-state index contributed by atoms with van der Waals surface area (Å²) in [4.78, 5) is 11.8. The quantitative estimate of drug-likeness (QED) is 0.909. The van der Waals surface area contributed by atoms with Crippen LogP contribution in [0.4, 0.5) is 18.9 Å². The second-order valence-electron chi connectivity index (χ2n) is 5.11. The highest BCUT2D eigenvalue weighted by Crippen LogP contribution is 2.30. The number of anilines is 1. The molecule has 0 spiro atoms. The highest BCUT2D eigenvalue weighted by molar-refractivity contribution is 5.92. The van der Waals surface area contributed by atoms with Crippen LogP contribution < -0.4 is 10.1 Å². The second-order valence-corrected chi connectivity index (χ2v) is 5.11. The minimum atomic E-state index is -4.45. The van der Waals surface area contributed by atoms with Crippen LogP contribution in [-0.4, -0.2) is 12.5 Å². The number of carbonyl (C=O) groups is 1. The van der Waals surface area contributed by atoms with Gasteiger partial charge in [0.2, 0.25) is 0 Å². The third kappa shape index (κ3) is 4.48. The third-order valence-electron chi connectivity index (χ3n) is 3.39. The van der Waals surface area contributed by atoms with Gasteiger partial charge in [0.25, 0.3) is 5.91 Å². The molecule has 2 aromatic carbocycles. The minimum absolute atomic E-state index is 0.0781. The van der Waals surface area contributed by atoms with Gasteiger partial charge >= 0.3 is 6.18 Å². The largest absolute Gasteiger partial charge is 0.483 e. The molecule has 0 aliphatic carbocycles. The molecule has 3 nitrogen and oxygen atoms in total. The Morgan fingerprint density at radius 2 is 1.83 bits per heavy atom. The number of carbonyl (C=O) groups excluding carboxylic acids is 1. The molecule has 0 unspecified atom stereocenters. The second kappa shape index (κ2) is 6.73. The molecule has 2 aromatic rings. The average molecular weight is 323 g/mol. The summed E-state index contributed by atoms with van der Waals surface area (Å²) >= 11 is 0. The molecule has 0 fully saturated rings. The number of alkyl halides is 3. The first-order chi connectivity index (χ1) is 10.8. The van der Waals surface area contributed by atoms with Crippen molar-refractivity contribution < 1.29 is 22.7 Å². The first-order valence-corrected chi connectivity index (χ1v) is 6.93. The van der Waals surface area contributed by atoms with E-state index in [0.29, 0.717) is 5.75 Å². The van der Waals surface area contributed by atoms with E-state index in [2.05, 4.69) is 5.32 Å². The summed E-state index contributed by atoms with van der Waals surface area (Å²) in [6, 6.07) is 9.93. The highest BCUT2D eigenvalue weighted by Gasteiger charge is 2.30. The third-order valence-corrected chi connectivity index (χ3v) is 3.39. The van der Waals surface area contributed by atoms with Gasteiger partial charge in [0.05, 0.1) is 5.56 Å². The molecule has 0 saturated heterocycles. The van der Waals surface area contributed by atoms with E-state index in [1.165, 1.54) is 12.1 Å². The minimum Gasteiger partial charge on any atom is -0.483 e. The molecule has 23 heavy (non-hydrogen) atoms. The Labute approximate surface area is 132 Å². The summed E-state index contributed by atoms with van der Waals surface area (Å²) in [5, 5.41) is 2.39. The van der Waals surface area contributed by atoms with Crippen LogP contribution in [0.3, 0.4) is 0 Å². The molecule has 122 valence electrons. The maximum atomic E-state index is 12.6. The molecule has 1 N–H and O–H groups in total. The Morgan fingerprint density at radius 1 is 1.13 bits per heavy atom. The topological polar surface area (TPSA) is 38.3 Å². The van der Waals surface area contributed by atoms with Gasteiger partial charge in [-0.1, -0.05) is 18.2 Å². The molecule has 2 rings (SSSR count). The van der Waals surface area contributed by atoms with E-state index in [9.17, 15) is 18.0 Å². The predicted molar refractivity (Wildman–Crippen MR) is 81.5 cm³/mol. The fraction of sp³-hybridized carbons (Fsp3) is 0.235. The molecule has 6 heteroatoms. The molecule has 0 aromatic heterocycles. The summed E-state index contributed by atoms with van der Waals surface area (Å²) in [6.07, 6.45) is -4.45. The van der Waals surface area contributed by atoms with Crippen LogP contribution in [0.1, 0.15) is 16.7 Å². The highest BCUT2D eigenvalue weighted by atomic mass is 19.4. The Bertz CT molecular complexity index is 711. The summed E-state index contributed by atoms with van der Waals surface area (Å²) in [5.74, 6) is 0.0504. The fourth-order valence-electron chi connectivity index (χ4n) is 1.99. The number of hydrogen-bond acceptors (Lipinski definition) is 2. The van der Waals surface area contributed by atoms with E-state index in [1.54, 1.807) is 6.07 Å². The average Bonchev–Trinajstić information content (AvgIpc) is 2.48. The molecule has 1 amide bonds.